The Morgan fingerprint density at radius 1 is 0.962 bits per heavy atom. The molecule has 4 rings (SSSR count). The molecule has 5 nitrogen and oxygen atoms in total. The van der Waals surface area contributed by atoms with Gasteiger partial charge in [0.15, 0.2) is 9.84 Å². The maximum atomic E-state index is 14.0. The normalized spacial score (nSPS) is 25.3. The fourth-order valence-corrected chi connectivity index (χ4v) is 5.88. The first-order valence-corrected chi connectivity index (χ1v) is 10.3. The second-order valence-corrected chi connectivity index (χ2v) is 8.96. The van der Waals surface area contributed by atoms with Gasteiger partial charge in [-0.1, -0.05) is 36.4 Å². The van der Waals surface area contributed by atoms with Crippen molar-refractivity contribution in [2.24, 2.45) is 0 Å². The molecule has 0 spiro atoms. The number of piperazine rings is 1. The molecule has 0 radical (unpaired) electrons. The molecule has 2 heterocycles. The van der Waals surface area contributed by atoms with E-state index in [0.717, 1.165) is 0 Å². The van der Waals surface area contributed by atoms with Crippen LogP contribution in [0.1, 0.15) is 5.56 Å². The number of carbonyl (C=O) groups is 1. The number of hydrogen-bond acceptors (Lipinski definition) is 4. The zero-order valence-corrected chi connectivity index (χ0v) is 14.9. The van der Waals surface area contributed by atoms with E-state index in [1.807, 2.05) is 30.3 Å². The Labute approximate surface area is 152 Å². The second-order valence-electron chi connectivity index (χ2n) is 6.81. The van der Waals surface area contributed by atoms with Gasteiger partial charge in [-0.15, -0.1) is 0 Å². The fraction of sp³-hybridized carbons (Fsp3) is 0.316. The van der Waals surface area contributed by atoms with Crippen LogP contribution in [0.4, 0.5) is 10.1 Å². The Kier molecular flexibility index (Phi) is 4.28. The number of sulfone groups is 1. The van der Waals surface area contributed by atoms with Gasteiger partial charge in [0.1, 0.15) is 5.82 Å². The number of nitrogens with zero attached hydrogens (tertiary/aromatic N) is 2. The van der Waals surface area contributed by atoms with Crippen molar-refractivity contribution in [3.8, 4) is 0 Å². The van der Waals surface area contributed by atoms with E-state index in [1.165, 1.54) is 6.07 Å². The predicted octanol–water partition coefficient (Wildman–Crippen LogP) is 1.84. The van der Waals surface area contributed by atoms with Crippen molar-refractivity contribution in [3.63, 3.8) is 0 Å². The van der Waals surface area contributed by atoms with E-state index in [-0.39, 0.29) is 42.4 Å². The van der Waals surface area contributed by atoms with Gasteiger partial charge in [-0.3, -0.25) is 9.69 Å². The Balaban J connectivity index is 1.68. The smallest absolute Gasteiger partial charge is 0.241 e. The van der Waals surface area contributed by atoms with Crippen molar-refractivity contribution in [2.75, 3.05) is 23.0 Å². The van der Waals surface area contributed by atoms with Crippen molar-refractivity contribution >= 4 is 21.4 Å². The van der Waals surface area contributed by atoms with E-state index in [9.17, 15) is 17.6 Å². The minimum absolute atomic E-state index is 0.0112. The van der Waals surface area contributed by atoms with Crippen molar-refractivity contribution in [2.45, 2.75) is 18.6 Å². The van der Waals surface area contributed by atoms with Gasteiger partial charge in [0.05, 0.1) is 24.1 Å². The fourth-order valence-electron chi connectivity index (χ4n) is 3.90. The molecule has 2 aliphatic heterocycles. The third-order valence-corrected chi connectivity index (χ3v) is 6.77. The van der Waals surface area contributed by atoms with E-state index < -0.39 is 15.9 Å². The summed E-state index contributed by atoms with van der Waals surface area (Å²) >= 11 is 0. The van der Waals surface area contributed by atoms with Crippen LogP contribution in [-0.2, 0) is 21.2 Å². The van der Waals surface area contributed by atoms with Crippen LogP contribution in [0.5, 0.6) is 0 Å². The van der Waals surface area contributed by atoms with Crippen LogP contribution in [0.25, 0.3) is 0 Å². The largest absolute Gasteiger partial charge is 0.306 e. The number of para-hydroxylation sites is 1. The van der Waals surface area contributed by atoms with Crippen molar-refractivity contribution in [1.82, 2.24) is 4.90 Å². The monoisotopic (exact) mass is 374 g/mol. The van der Waals surface area contributed by atoms with Crippen LogP contribution >= 0.6 is 0 Å². The molecule has 136 valence electrons. The highest BCUT2D eigenvalue weighted by Gasteiger charge is 2.49. The minimum Gasteiger partial charge on any atom is -0.306 e. The lowest BCUT2D eigenvalue weighted by molar-refractivity contribution is -0.123. The molecule has 0 aliphatic carbocycles. The first kappa shape index (κ1) is 17.2. The molecule has 0 saturated carbocycles. The first-order valence-electron chi connectivity index (χ1n) is 8.49. The SMILES string of the molecule is O=C1CN(Cc2ccccc2F)[C@H]2CS(=O)(=O)C[C@H]2N1c1ccccc1. The van der Waals surface area contributed by atoms with Crippen LogP contribution in [-0.4, -0.2) is 49.4 Å². The molecule has 2 atom stereocenters. The molecular weight excluding hydrogens is 355 g/mol. The van der Waals surface area contributed by atoms with E-state index >= 15 is 0 Å². The van der Waals surface area contributed by atoms with Crippen LogP contribution in [0.2, 0.25) is 0 Å². The Morgan fingerprint density at radius 3 is 2.35 bits per heavy atom. The number of halogens is 1. The number of hydrogen-bond donors (Lipinski definition) is 0. The van der Waals surface area contributed by atoms with Gasteiger partial charge >= 0.3 is 0 Å². The number of anilines is 1. The van der Waals surface area contributed by atoms with E-state index in [4.69, 9.17) is 0 Å². The highest BCUT2D eigenvalue weighted by atomic mass is 32.2. The zero-order valence-electron chi connectivity index (χ0n) is 14.1. The summed E-state index contributed by atoms with van der Waals surface area (Å²) in [6, 6.07) is 14.7. The number of carbonyl (C=O) groups excluding carboxylic acids is 1. The van der Waals surface area contributed by atoms with Gasteiger partial charge in [0.2, 0.25) is 5.91 Å². The summed E-state index contributed by atoms with van der Waals surface area (Å²) < 4.78 is 38.7. The minimum atomic E-state index is -3.26. The maximum absolute atomic E-state index is 14.0. The molecule has 0 unspecified atom stereocenters. The first-order chi connectivity index (χ1) is 12.4. The van der Waals surface area contributed by atoms with Crippen LogP contribution in [0.3, 0.4) is 0 Å². The van der Waals surface area contributed by atoms with E-state index in [2.05, 4.69) is 0 Å². The zero-order chi connectivity index (χ0) is 18.3. The molecule has 0 aromatic heterocycles. The molecule has 2 aliphatic rings. The quantitative estimate of drug-likeness (QED) is 0.823. The number of benzene rings is 2. The van der Waals surface area contributed by atoms with Gasteiger partial charge in [0.25, 0.3) is 0 Å². The summed E-state index contributed by atoms with van der Waals surface area (Å²) in [5.74, 6) is -0.580. The molecule has 2 saturated heterocycles. The summed E-state index contributed by atoms with van der Waals surface area (Å²) in [5.41, 5.74) is 1.17. The maximum Gasteiger partial charge on any atom is 0.241 e. The van der Waals surface area contributed by atoms with Gasteiger partial charge in [-0.2, -0.15) is 0 Å². The summed E-state index contributed by atoms with van der Waals surface area (Å²) in [7, 11) is -3.26. The molecule has 2 aromatic rings. The number of fused-ring (bicyclic) bond motifs is 1. The topological polar surface area (TPSA) is 57.7 Å². The molecule has 0 bridgehead atoms. The van der Waals surface area contributed by atoms with Crippen LogP contribution in [0.15, 0.2) is 54.6 Å². The molecule has 1 amide bonds. The molecular formula is C19H19FN2O3S. The number of amides is 1. The number of rotatable bonds is 3. The standard InChI is InChI=1S/C19H19FN2O3S/c20-16-9-5-4-6-14(16)10-21-11-19(23)22(15-7-2-1-3-8-15)18-13-26(24,25)12-17(18)21/h1-9,17-18H,10-13H2/t17-,18+/m0/s1. The Hall–Kier alpha value is -2.25. The summed E-state index contributed by atoms with van der Waals surface area (Å²) in [6.45, 7) is 0.289. The molecule has 0 N–H and O–H groups in total. The van der Waals surface area contributed by atoms with Gasteiger partial charge in [-0.25, -0.2) is 12.8 Å². The third-order valence-electron chi connectivity index (χ3n) is 5.07. The lowest BCUT2D eigenvalue weighted by atomic mass is 10.0. The van der Waals surface area contributed by atoms with Crippen LogP contribution < -0.4 is 4.90 Å². The van der Waals surface area contributed by atoms with E-state index in [1.54, 1.807) is 28.0 Å². The average Bonchev–Trinajstić information content (AvgIpc) is 2.93. The Bertz CT molecular complexity index is 933. The summed E-state index contributed by atoms with van der Waals surface area (Å²) in [5, 5.41) is 0. The molecule has 2 fully saturated rings. The summed E-state index contributed by atoms with van der Waals surface area (Å²) in [6.07, 6.45) is 0. The van der Waals surface area contributed by atoms with Crippen molar-refractivity contribution in [1.29, 1.82) is 0 Å². The molecule has 26 heavy (non-hydrogen) atoms. The van der Waals surface area contributed by atoms with Gasteiger partial charge in [0, 0.05) is 23.8 Å². The lowest BCUT2D eigenvalue weighted by Crippen LogP contribution is -2.61. The average molecular weight is 374 g/mol. The predicted molar refractivity (Wildman–Crippen MR) is 97.0 cm³/mol. The second kappa shape index (κ2) is 6.48. The third kappa shape index (κ3) is 3.12. The van der Waals surface area contributed by atoms with Crippen molar-refractivity contribution in [3.05, 3.63) is 66.0 Å². The molecule has 7 heteroatoms. The molecule has 2 aromatic carbocycles. The van der Waals surface area contributed by atoms with E-state index in [0.29, 0.717) is 11.3 Å². The van der Waals surface area contributed by atoms with Crippen LogP contribution in [0, 0.1) is 5.82 Å². The Morgan fingerprint density at radius 2 is 1.62 bits per heavy atom. The van der Waals surface area contributed by atoms with Gasteiger partial charge in [-0.05, 0) is 18.2 Å². The lowest BCUT2D eigenvalue weighted by Gasteiger charge is -2.43. The highest BCUT2D eigenvalue weighted by molar-refractivity contribution is 7.91. The summed E-state index contributed by atoms with van der Waals surface area (Å²) in [4.78, 5) is 16.2. The highest BCUT2D eigenvalue weighted by Crippen LogP contribution is 2.32. The van der Waals surface area contributed by atoms with Crippen molar-refractivity contribution < 1.29 is 17.6 Å². The van der Waals surface area contributed by atoms with Gasteiger partial charge < -0.3 is 4.90 Å².